The van der Waals surface area contributed by atoms with Crippen LogP contribution in [0.5, 0.6) is 0 Å². The Labute approximate surface area is 110 Å². The fourth-order valence-corrected chi connectivity index (χ4v) is 2.55. The summed E-state index contributed by atoms with van der Waals surface area (Å²) in [5, 5.41) is 3.16. The zero-order valence-corrected chi connectivity index (χ0v) is 11.4. The van der Waals surface area contributed by atoms with Gasteiger partial charge in [-0.05, 0) is 38.0 Å². The summed E-state index contributed by atoms with van der Waals surface area (Å²) in [6.45, 7) is 2.61. The van der Waals surface area contributed by atoms with Crippen LogP contribution in [0.2, 0.25) is 0 Å². The molecule has 0 spiro atoms. The number of guanidine groups is 1. The number of nitrogens with two attached hydrogens (primary N) is 1. The normalized spacial score (nSPS) is 22.1. The van der Waals surface area contributed by atoms with E-state index in [0.29, 0.717) is 12.1 Å². The third kappa shape index (κ3) is 4.84. The summed E-state index contributed by atoms with van der Waals surface area (Å²) in [5.41, 5.74) is 5.80. The van der Waals surface area contributed by atoms with Gasteiger partial charge in [-0.1, -0.05) is 19.3 Å². The molecule has 2 aliphatic rings. The van der Waals surface area contributed by atoms with Crippen LogP contribution in [-0.4, -0.2) is 31.8 Å². The first-order chi connectivity index (χ1) is 8.84. The number of aliphatic imine (C=N–C) groups is 1. The SMILES string of the molecule is NC(=NCC1CCC1)NCCCOC1CCCC1. The summed E-state index contributed by atoms with van der Waals surface area (Å²) in [6.07, 6.45) is 10.7. The van der Waals surface area contributed by atoms with Crippen LogP contribution in [0.4, 0.5) is 0 Å². The van der Waals surface area contributed by atoms with Crippen molar-refractivity contribution in [3.05, 3.63) is 0 Å². The second-order valence-corrected chi connectivity index (χ2v) is 5.58. The molecule has 0 aromatic heterocycles. The molecule has 4 heteroatoms. The number of nitrogens with one attached hydrogen (secondary N) is 1. The monoisotopic (exact) mass is 253 g/mol. The van der Waals surface area contributed by atoms with Crippen LogP contribution in [0.1, 0.15) is 51.4 Å². The molecule has 0 atom stereocenters. The number of ether oxygens (including phenoxy) is 1. The minimum atomic E-state index is 0.523. The van der Waals surface area contributed by atoms with Crippen molar-refractivity contribution in [3.63, 3.8) is 0 Å². The van der Waals surface area contributed by atoms with Gasteiger partial charge in [0.25, 0.3) is 0 Å². The molecule has 0 saturated heterocycles. The lowest BCUT2D eigenvalue weighted by Crippen LogP contribution is -2.34. The quantitative estimate of drug-likeness (QED) is 0.415. The molecule has 0 radical (unpaired) electrons. The Morgan fingerprint density at radius 1 is 1.17 bits per heavy atom. The Kier molecular flexibility index (Phi) is 5.78. The van der Waals surface area contributed by atoms with Crippen LogP contribution in [-0.2, 0) is 4.74 Å². The number of nitrogens with zero attached hydrogens (tertiary/aromatic N) is 1. The van der Waals surface area contributed by atoms with E-state index in [0.717, 1.165) is 32.0 Å². The highest BCUT2D eigenvalue weighted by Crippen LogP contribution is 2.26. The van der Waals surface area contributed by atoms with Gasteiger partial charge in [-0.3, -0.25) is 4.99 Å². The van der Waals surface area contributed by atoms with Crippen LogP contribution in [0, 0.1) is 5.92 Å². The van der Waals surface area contributed by atoms with Crippen molar-refractivity contribution in [1.29, 1.82) is 0 Å². The third-order valence-corrected chi connectivity index (χ3v) is 4.03. The van der Waals surface area contributed by atoms with Crippen molar-refractivity contribution >= 4 is 5.96 Å². The predicted octanol–water partition coefficient (Wildman–Crippen LogP) is 2.04. The fraction of sp³-hybridized carbons (Fsp3) is 0.929. The summed E-state index contributed by atoms with van der Waals surface area (Å²) >= 11 is 0. The number of hydrogen-bond acceptors (Lipinski definition) is 2. The number of rotatable bonds is 7. The van der Waals surface area contributed by atoms with Crippen molar-refractivity contribution in [2.45, 2.75) is 57.5 Å². The molecule has 0 amide bonds. The first-order valence-corrected chi connectivity index (χ1v) is 7.50. The summed E-state index contributed by atoms with van der Waals surface area (Å²) in [7, 11) is 0. The lowest BCUT2D eigenvalue weighted by molar-refractivity contribution is 0.0574. The minimum Gasteiger partial charge on any atom is -0.378 e. The third-order valence-electron chi connectivity index (χ3n) is 4.03. The average Bonchev–Trinajstić information content (AvgIpc) is 2.79. The minimum absolute atomic E-state index is 0.523. The van der Waals surface area contributed by atoms with Gasteiger partial charge in [0.05, 0.1) is 6.10 Å². The molecule has 2 aliphatic carbocycles. The van der Waals surface area contributed by atoms with Gasteiger partial charge in [-0.2, -0.15) is 0 Å². The Bertz CT molecular complexity index is 258. The molecule has 2 rings (SSSR count). The standard InChI is InChI=1S/C14H27N3O/c15-14(17-11-12-5-3-6-12)16-9-4-10-18-13-7-1-2-8-13/h12-13H,1-11H2,(H3,15,16,17). The molecular weight excluding hydrogens is 226 g/mol. The largest absolute Gasteiger partial charge is 0.378 e. The highest BCUT2D eigenvalue weighted by Gasteiger charge is 2.16. The molecule has 0 aliphatic heterocycles. The summed E-state index contributed by atoms with van der Waals surface area (Å²) in [6, 6.07) is 0. The van der Waals surface area contributed by atoms with E-state index in [1.807, 2.05) is 0 Å². The van der Waals surface area contributed by atoms with Gasteiger partial charge in [0.2, 0.25) is 0 Å². The van der Waals surface area contributed by atoms with Gasteiger partial charge in [0.1, 0.15) is 0 Å². The van der Waals surface area contributed by atoms with Crippen LogP contribution in [0.25, 0.3) is 0 Å². The van der Waals surface area contributed by atoms with E-state index in [2.05, 4.69) is 10.3 Å². The van der Waals surface area contributed by atoms with Crippen molar-refractivity contribution in [2.24, 2.45) is 16.6 Å². The molecule has 0 bridgehead atoms. The summed E-state index contributed by atoms with van der Waals surface area (Å²) in [4.78, 5) is 4.36. The molecule has 18 heavy (non-hydrogen) atoms. The van der Waals surface area contributed by atoms with Crippen molar-refractivity contribution in [1.82, 2.24) is 5.32 Å². The fourth-order valence-electron chi connectivity index (χ4n) is 2.55. The van der Waals surface area contributed by atoms with E-state index < -0.39 is 0 Å². The van der Waals surface area contributed by atoms with E-state index in [1.54, 1.807) is 0 Å². The van der Waals surface area contributed by atoms with Crippen LogP contribution < -0.4 is 11.1 Å². The Balaban J connectivity index is 1.43. The maximum atomic E-state index is 5.80. The highest BCUT2D eigenvalue weighted by molar-refractivity contribution is 5.77. The van der Waals surface area contributed by atoms with E-state index in [1.165, 1.54) is 44.9 Å². The Hall–Kier alpha value is -0.770. The highest BCUT2D eigenvalue weighted by atomic mass is 16.5. The second-order valence-electron chi connectivity index (χ2n) is 5.58. The Morgan fingerprint density at radius 3 is 2.61 bits per heavy atom. The lowest BCUT2D eigenvalue weighted by atomic mass is 9.86. The smallest absolute Gasteiger partial charge is 0.188 e. The molecule has 0 unspecified atom stereocenters. The molecule has 2 fully saturated rings. The molecule has 4 nitrogen and oxygen atoms in total. The van der Waals surface area contributed by atoms with Gasteiger partial charge >= 0.3 is 0 Å². The molecular formula is C14H27N3O. The first-order valence-electron chi connectivity index (χ1n) is 7.50. The molecule has 0 aromatic carbocycles. The zero-order chi connectivity index (χ0) is 12.6. The van der Waals surface area contributed by atoms with Gasteiger partial charge in [-0.25, -0.2) is 0 Å². The molecule has 2 saturated carbocycles. The maximum absolute atomic E-state index is 5.80. The van der Waals surface area contributed by atoms with Crippen molar-refractivity contribution in [3.8, 4) is 0 Å². The summed E-state index contributed by atoms with van der Waals surface area (Å²) in [5.74, 6) is 1.39. The lowest BCUT2D eigenvalue weighted by Gasteiger charge is -2.23. The number of hydrogen-bond donors (Lipinski definition) is 2. The topological polar surface area (TPSA) is 59.6 Å². The molecule has 3 N–H and O–H groups in total. The van der Waals surface area contributed by atoms with E-state index >= 15 is 0 Å². The van der Waals surface area contributed by atoms with Gasteiger partial charge in [0.15, 0.2) is 5.96 Å². The van der Waals surface area contributed by atoms with Crippen LogP contribution in [0.3, 0.4) is 0 Å². The van der Waals surface area contributed by atoms with E-state index in [9.17, 15) is 0 Å². The predicted molar refractivity (Wildman–Crippen MR) is 74.7 cm³/mol. The molecule has 0 aromatic rings. The Morgan fingerprint density at radius 2 is 1.94 bits per heavy atom. The van der Waals surface area contributed by atoms with Crippen molar-refractivity contribution < 1.29 is 4.74 Å². The van der Waals surface area contributed by atoms with Gasteiger partial charge in [0, 0.05) is 19.7 Å². The van der Waals surface area contributed by atoms with E-state index in [4.69, 9.17) is 10.5 Å². The first kappa shape index (κ1) is 13.7. The van der Waals surface area contributed by atoms with E-state index in [-0.39, 0.29) is 0 Å². The molecule has 104 valence electrons. The maximum Gasteiger partial charge on any atom is 0.188 e. The second kappa shape index (κ2) is 7.62. The van der Waals surface area contributed by atoms with Crippen molar-refractivity contribution in [2.75, 3.05) is 19.7 Å². The molecule has 0 heterocycles. The average molecular weight is 253 g/mol. The van der Waals surface area contributed by atoms with Gasteiger partial charge < -0.3 is 15.8 Å². The summed E-state index contributed by atoms with van der Waals surface area (Å²) < 4.78 is 5.79. The zero-order valence-electron chi connectivity index (χ0n) is 11.4. The van der Waals surface area contributed by atoms with Crippen LogP contribution >= 0.6 is 0 Å². The van der Waals surface area contributed by atoms with Crippen LogP contribution in [0.15, 0.2) is 4.99 Å². The van der Waals surface area contributed by atoms with Gasteiger partial charge in [-0.15, -0.1) is 0 Å².